The standard InChI is InChI=1S/C14H18N2S2/c1-9(2)13(15)12-8-18-14(16-12)10-4-6-11(17-3)7-5-10/h4-9,13H,15H2,1-3H3. The molecule has 2 N–H and O–H groups in total. The molecular weight excluding hydrogens is 260 g/mol. The number of thioether (sulfide) groups is 1. The van der Waals surface area contributed by atoms with E-state index in [1.165, 1.54) is 10.5 Å². The molecule has 1 heterocycles. The van der Waals surface area contributed by atoms with Crippen LogP contribution < -0.4 is 5.73 Å². The summed E-state index contributed by atoms with van der Waals surface area (Å²) in [5.41, 5.74) is 8.28. The summed E-state index contributed by atoms with van der Waals surface area (Å²) in [6.07, 6.45) is 2.08. The predicted molar refractivity (Wildman–Crippen MR) is 81.1 cm³/mol. The quantitative estimate of drug-likeness (QED) is 0.852. The first kappa shape index (κ1) is 13.6. The van der Waals surface area contributed by atoms with Crippen LogP contribution in [0.3, 0.4) is 0 Å². The Morgan fingerprint density at radius 3 is 2.44 bits per heavy atom. The molecular formula is C14H18N2S2. The van der Waals surface area contributed by atoms with Gasteiger partial charge < -0.3 is 5.73 Å². The van der Waals surface area contributed by atoms with Gasteiger partial charge in [-0.2, -0.15) is 0 Å². The van der Waals surface area contributed by atoms with E-state index in [0.29, 0.717) is 5.92 Å². The molecule has 0 saturated carbocycles. The topological polar surface area (TPSA) is 38.9 Å². The van der Waals surface area contributed by atoms with Crippen molar-refractivity contribution in [3.05, 3.63) is 35.3 Å². The Morgan fingerprint density at radius 1 is 1.22 bits per heavy atom. The minimum atomic E-state index is 0.0282. The monoisotopic (exact) mass is 278 g/mol. The molecule has 2 rings (SSSR count). The molecule has 0 radical (unpaired) electrons. The van der Waals surface area contributed by atoms with Gasteiger partial charge in [0, 0.05) is 15.8 Å². The molecule has 1 aromatic carbocycles. The van der Waals surface area contributed by atoms with E-state index in [2.05, 4.69) is 54.7 Å². The number of thiazole rings is 1. The molecule has 18 heavy (non-hydrogen) atoms. The van der Waals surface area contributed by atoms with E-state index in [9.17, 15) is 0 Å². The van der Waals surface area contributed by atoms with Gasteiger partial charge in [0.25, 0.3) is 0 Å². The van der Waals surface area contributed by atoms with Crippen LogP contribution in [0.1, 0.15) is 25.6 Å². The first-order valence-corrected chi connectivity index (χ1v) is 8.07. The lowest BCUT2D eigenvalue weighted by Crippen LogP contribution is -2.16. The van der Waals surface area contributed by atoms with Crippen molar-refractivity contribution in [1.29, 1.82) is 0 Å². The molecule has 0 amide bonds. The number of rotatable bonds is 4. The number of nitrogens with zero attached hydrogens (tertiary/aromatic N) is 1. The van der Waals surface area contributed by atoms with Gasteiger partial charge in [-0.15, -0.1) is 23.1 Å². The maximum Gasteiger partial charge on any atom is 0.123 e. The number of benzene rings is 1. The normalized spacial score (nSPS) is 12.9. The number of aromatic nitrogens is 1. The predicted octanol–water partition coefficient (Wildman–Crippen LogP) is 4.19. The van der Waals surface area contributed by atoms with Crippen LogP contribution in [0.25, 0.3) is 10.6 Å². The Bertz CT molecular complexity index is 503. The Balaban J connectivity index is 2.23. The molecule has 1 atom stereocenters. The fourth-order valence-corrected chi connectivity index (χ4v) is 2.93. The highest BCUT2D eigenvalue weighted by atomic mass is 32.2. The van der Waals surface area contributed by atoms with E-state index in [1.807, 2.05) is 0 Å². The average Bonchev–Trinajstić information content (AvgIpc) is 2.87. The molecule has 0 spiro atoms. The maximum absolute atomic E-state index is 6.12. The summed E-state index contributed by atoms with van der Waals surface area (Å²) in [4.78, 5) is 5.92. The molecule has 1 unspecified atom stereocenters. The molecule has 0 aliphatic carbocycles. The molecule has 0 aliphatic rings. The van der Waals surface area contributed by atoms with Crippen molar-refractivity contribution < 1.29 is 0 Å². The van der Waals surface area contributed by atoms with Gasteiger partial charge in [-0.05, 0) is 24.3 Å². The molecule has 0 aliphatic heterocycles. The van der Waals surface area contributed by atoms with Gasteiger partial charge in [-0.25, -0.2) is 4.98 Å². The minimum Gasteiger partial charge on any atom is -0.322 e. The van der Waals surface area contributed by atoms with Gasteiger partial charge in [-0.3, -0.25) is 0 Å². The highest BCUT2D eigenvalue weighted by molar-refractivity contribution is 7.98. The zero-order valence-corrected chi connectivity index (χ0v) is 12.5. The van der Waals surface area contributed by atoms with Crippen LogP contribution in [-0.2, 0) is 0 Å². The van der Waals surface area contributed by atoms with Crippen LogP contribution >= 0.6 is 23.1 Å². The third kappa shape index (κ3) is 2.94. The van der Waals surface area contributed by atoms with Gasteiger partial charge >= 0.3 is 0 Å². The third-order valence-corrected chi connectivity index (χ3v) is 4.57. The van der Waals surface area contributed by atoms with Crippen molar-refractivity contribution in [2.45, 2.75) is 24.8 Å². The summed E-state index contributed by atoms with van der Waals surface area (Å²) >= 11 is 3.41. The summed E-state index contributed by atoms with van der Waals surface area (Å²) in [5.74, 6) is 0.416. The van der Waals surface area contributed by atoms with E-state index in [-0.39, 0.29) is 6.04 Å². The molecule has 0 saturated heterocycles. The first-order valence-electron chi connectivity index (χ1n) is 5.97. The molecule has 0 fully saturated rings. The molecule has 2 nitrogen and oxygen atoms in total. The lowest BCUT2D eigenvalue weighted by molar-refractivity contribution is 0.505. The van der Waals surface area contributed by atoms with E-state index in [4.69, 9.17) is 5.73 Å². The highest BCUT2D eigenvalue weighted by Crippen LogP contribution is 2.29. The second-order valence-electron chi connectivity index (χ2n) is 4.58. The Labute approximate surface area is 117 Å². The Hall–Kier alpha value is -0.840. The fourth-order valence-electron chi connectivity index (χ4n) is 1.65. The third-order valence-electron chi connectivity index (χ3n) is 2.92. The maximum atomic E-state index is 6.12. The van der Waals surface area contributed by atoms with Crippen LogP contribution in [-0.4, -0.2) is 11.2 Å². The number of nitrogens with two attached hydrogens (primary N) is 1. The molecule has 0 bridgehead atoms. The molecule has 4 heteroatoms. The summed E-state index contributed by atoms with van der Waals surface area (Å²) < 4.78 is 0. The summed E-state index contributed by atoms with van der Waals surface area (Å²) in [6.45, 7) is 4.24. The Morgan fingerprint density at radius 2 is 1.89 bits per heavy atom. The van der Waals surface area contributed by atoms with Crippen LogP contribution in [0, 0.1) is 5.92 Å². The van der Waals surface area contributed by atoms with Gasteiger partial charge in [0.05, 0.1) is 11.7 Å². The second-order valence-corrected chi connectivity index (χ2v) is 6.31. The second kappa shape index (κ2) is 5.87. The van der Waals surface area contributed by atoms with Crippen LogP contribution in [0.4, 0.5) is 0 Å². The van der Waals surface area contributed by atoms with E-state index < -0.39 is 0 Å². The Kier molecular flexibility index (Phi) is 4.43. The van der Waals surface area contributed by atoms with Crippen molar-refractivity contribution in [3.8, 4) is 10.6 Å². The van der Waals surface area contributed by atoms with E-state index in [1.54, 1.807) is 23.1 Å². The molecule has 2 aromatic rings. The highest BCUT2D eigenvalue weighted by Gasteiger charge is 2.14. The summed E-state index contributed by atoms with van der Waals surface area (Å²) in [7, 11) is 0. The van der Waals surface area contributed by atoms with E-state index >= 15 is 0 Å². The van der Waals surface area contributed by atoms with Crippen molar-refractivity contribution in [1.82, 2.24) is 4.98 Å². The number of hydrogen-bond donors (Lipinski definition) is 1. The zero-order chi connectivity index (χ0) is 13.1. The zero-order valence-electron chi connectivity index (χ0n) is 10.9. The van der Waals surface area contributed by atoms with Crippen molar-refractivity contribution in [2.24, 2.45) is 11.7 Å². The van der Waals surface area contributed by atoms with Crippen LogP contribution in [0.5, 0.6) is 0 Å². The fraction of sp³-hybridized carbons (Fsp3) is 0.357. The van der Waals surface area contributed by atoms with Gasteiger partial charge in [0.2, 0.25) is 0 Å². The summed E-state index contributed by atoms with van der Waals surface area (Å²) in [5, 5.41) is 3.12. The van der Waals surface area contributed by atoms with Crippen molar-refractivity contribution in [2.75, 3.05) is 6.26 Å². The van der Waals surface area contributed by atoms with Gasteiger partial charge in [-0.1, -0.05) is 26.0 Å². The minimum absolute atomic E-state index is 0.0282. The molecule has 96 valence electrons. The van der Waals surface area contributed by atoms with E-state index in [0.717, 1.165) is 10.7 Å². The SMILES string of the molecule is CSc1ccc(-c2nc(C(N)C(C)C)cs2)cc1. The first-order chi connectivity index (χ1) is 8.61. The van der Waals surface area contributed by atoms with Gasteiger partial charge in [0.1, 0.15) is 5.01 Å². The molecule has 1 aromatic heterocycles. The van der Waals surface area contributed by atoms with Crippen molar-refractivity contribution in [3.63, 3.8) is 0 Å². The van der Waals surface area contributed by atoms with Crippen LogP contribution in [0.15, 0.2) is 34.5 Å². The number of hydrogen-bond acceptors (Lipinski definition) is 4. The largest absolute Gasteiger partial charge is 0.322 e. The van der Waals surface area contributed by atoms with Crippen LogP contribution in [0.2, 0.25) is 0 Å². The van der Waals surface area contributed by atoms with Gasteiger partial charge in [0.15, 0.2) is 0 Å². The lowest BCUT2D eigenvalue weighted by atomic mass is 10.0. The van der Waals surface area contributed by atoms with Crippen molar-refractivity contribution >= 4 is 23.1 Å². The smallest absolute Gasteiger partial charge is 0.123 e. The summed E-state index contributed by atoms with van der Waals surface area (Å²) in [6, 6.07) is 8.53. The average molecular weight is 278 g/mol. The lowest BCUT2D eigenvalue weighted by Gasteiger charge is -2.12.